The van der Waals surface area contributed by atoms with E-state index >= 15 is 0 Å². The van der Waals surface area contributed by atoms with E-state index in [-0.39, 0.29) is 12.3 Å². The predicted octanol–water partition coefficient (Wildman–Crippen LogP) is 2.41. The lowest BCUT2D eigenvalue weighted by molar-refractivity contribution is -0.136. The summed E-state index contributed by atoms with van der Waals surface area (Å²) < 4.78 is 39.5. The first kappa shape index (κ1) is 11.9. The lowest BCUT2D eigenvalue weighted by Gasteiger charge is -2.07. The highest BCUT2D eigenvalue weighted by atomic mass is 19.4. The maximum absolute atomic E-state index is 12.8. The van der Waals surface area contributed by atoms with Crippen molar-refractivity contribution in [3.05, 3.63) is 35.3 Å². The summed E-state index contributed by atoms with van der Waals surface area (Å²) >= 11 is 0. The van der Waals surface area contributed by atoms with Crippen molar-refractivity contribution in [2.45, 2.75) is 26.1 Å². The average Bonchev–Trinajstić information content (AvgIpc) is 2.64. The summed E-state index contributed by atoms with van der Waals surface area (Å²) in [5, 5.41) is 9.19. The van der Waals surface area contributed by atoms with Crippen molar-refractivity contribution in [1.82, 2.24) is 9.38 Å². The summed E-state index contributed by atoms with van der Waals surface area (Å²) in [7, 11) is 0. The van der Waals surface area contributed by atoms with E-state index in [1.165, 1.54) is 16.7 Å². The smallest absolute Gasteiger partial charge is 0.390 e. The topological polar surface area (TPSA) is 37.5 Å². The summed E-state index contributed by atoms with van der Waals surface area (Å²) in [5.41, 5.74) is -0.0342. The lowest BCUT2D eigenvalue weighted by Crippen LogP contribution is -2.08. The van der Waals surface area contributed by atoms with Crippen LogP contribution in [0.3, 0.4) is 0 Å². The van der Waals surface area contributed by atoms with Gasteiger partial charge in [-0.1, -0.05) is 6.92 Å². The van der Waals surface area contributed by atoms with Gasteiger partial charge in [0.1, 0.15) is 5.65 Å². The van der Waals surface area contributed by atoms with Crippen LogP contribution >= 0.6 is 0 Å². The van der Waals surface area contributed by atoms with Crippen LogP contribution in [-0.4, -0.2) is 14.5 Å². The summed E-state index contributed by atoms with van der Waals surface area (Å²) in [6, 6.07) is 2.29. The van der Waals surface area contributed by atoms with Crippen LogP contribution in [0.5, 0.6) is 0 Å². The lowest BCUT2D eigenvalue weighted by atomic mass is 10.2. The Labute approximate surface area is 95.5 Å². The SMILES string of the molecule is CCc1nc2c(C(F)(F)F)cccn2c1CO. The van der Waals surface area contributed by atoms with Gasteiger partial charge in [0.05, 0.1) is 23.6 Å². The summed E-state index contributed by atoms with van der Waals surface area (Å²) in [4.78, 5) is 3.95. The molecule has 0 bridgehead atoms. The van der Waals surface area contributed by atoms with Gasteiger partial charge in [-0.05, 0) is 18.6 Å². The minimum Gasteiger partial charge on any atom is -0.390 e. The summed E-state index contributed by atoms with van der Waals surface area (Å²) in [6.45, 7) is 1.46. The van der Waals surface area contributed by atoms with E-state index in [0.717, 1.165) is 6.07 Å². The van der Waals surface area contributed by atoms with Gasteiger partial charge in [0.15, 0.2) is 0 Å². The number of nitrogens with zero attached hydrogens (tertiary/aromatic N) is 2. The molecule has 0 aromatic carbocycles. The molecule has 17 heavy (non-hydrogen) atoms. The fraction of sp³-hybridized carbons (Fsp3) is 0.364. The molecule has 92 valence electrons. The Morgan fingerprint density at radius 1 is 1.41 bits per heavy atom. The van der Waals surface area contributed by atoms with Crippen molar-refractivity contribution in [3.63, 3.8) is 0 Å². The third-order valence-corrected chi connectivity index (χ3v) is 2.62. The number of aliphatic hydroxyl groups excluding tert-OH is 1. The molecule has 0 aliphatic rings. The number of halogens is 3. The minimum atomic E-state index is -4.44. The molecular formula is C11H11F3N2O. The number of hydrogen-bond acceptors (Lipinski definition) is 2. The highest BCUT2D eigenvalue weighted by Crippen LogP contribution is 2.32. The van der Waals surface area contributed by atoms with E-state index in [2.05, 4.69) is 4.98 Å². The number of hydrogen-bond donors (Lipinski definition) is 1. The Kier molecular flexibility index (Phi) is 2.82. The summed E-state index contributed by atoms with van der Waals surface area (Å²) in [6.07, 6.45) is -2.48. The third kappa shape index (κ3) is 1.88. The Morgan fingerprint density at radius 2 is 2.12 bits per heavy atom. The molecule has 0 aliphatic carbocycles. The number of rotatable bonds is 2. The second kappa shape index (κ2) is 4.03. The average molecular weight is 244 g/mol. The van der Waals surface area contributed by atoms with Gasteiger partial charge >= 0.3 is 6.18 Å². The molecule has 3 nitrogen and oxygen atoms in total. The molecule has 0 spiro atoms. The van der Waals surface area contributed by atoms with Gasteiger partial charge in [0.25, 0.3) is 0 Å². The number of pyridine rings is 1. The van der Waals surface area contributed by atoms with Gasteiger partial charge in [-0.2, -0.15) is 13.2 Å². The monoisotopic (exact) mass is 244 g/mol. The maximum Gasteiger partial charge on any atom is 0.419 e. The van der Waals surface area contributed by atoms with Crippen LogP contribution in [-0.2, 0) is 19.2 Å². The molecule has 2 aromatic rings. The Balaban J connectivity index is 2.78. The zero-order valence-electron chi connectivity index (χ0n) is 9.12. The number of fused-ring (bicyclic) bond motifs is 1. The van der Waals surface area contributed by atoms with Gasteiger partial charge in [-0.25, -0.2) is 4.98 Å². The highest BCUT2D eigenvalue weighted by Gasteiger charge is 2.34. The zero-order valence-corrected chi connectivity index (χ0v) is 9.12. The van der Waals surface area contributed by atoms with Crippen molar-refractivity contribution in [2.24, 2.45) is 0 Å². The van der Waals surface area contributed by atoms with Crippen LogP contribution in [0.15, 0.2) is 18.3 Å². The molecule has 0 aliphatic heterocycles. The van der Waals surface area contributed by atoms with E-state index in [4.69, 9.17) is 0 Å². The van der Waals surface area contributed by atoms with Gasteiger partial charge in [0.2, 0.25) is 0 Å². The first-order valence-electron chi connectivity index (χ1n) is 5.16. The Hall–Kier alpha value is -1.56. The van der Waals surface area contributed by atoms with Gasteiger partial charge < -0.3 is 9.51 Å². The molecule has 0 saturated carbocycles. The molecule has 0 saturated heterocycles. The Morgan fingerprint density at radius 3 is 2.65 bits per heavy atom. The van der Waals surface area contributed by atoms with Crippen molar-refractivity contribution in [1.29, 1.82) is 0 Å². The van der Waals surface area contributed by atoms with E-state index in [0.29, 0.717) is 17.8 Å². The fourth-order valence-electron chi connectivity index (χ4n) is 1.84. The second-order valence-electron chi connectivity index (χ2n) is 3.63. The van der Waals surface area contributed by atoms with Crippen LogP contribution in [0.1, 0.15) is 23.9 Å². The molecular weight excluding hydrogens is 233 g/mol. The Bertz CT molecular complexity index is 545. The zero-order chi connectivity index (χ0) is 12.6. The van der Waals surface area contributed by atoms with Gasteiger partial charge in [-0.15, -0.1) is 0 Å². The minimum absolute atomic E-state index is 0.152. The first-order valence-corrected chi connectivity index (χ1v) is 5.16. The maximum atomic E-state index is 12.8. The molecule has 0 unspecified atom stereocenters. The molecule has 0 amide bonds. The van der Waals surface area contributed by atoms with Crippen molar-refractivity contribution >= 4 is 5.65 Å². The number of imidazole rings is 1. The van der Waals surface area contributed by atoms with Crippen LogP contribution in [0.25, 0.3) is 5.65 Å². The molecule has 0 fully saturated rings. The van der Waals surface area contributed by atoms with Crippen LogP contribution in [0.2, 0.25) is 0 Å². The standard InChI is InChI=1S/C11H11F3N2O/c1-2-8-9(6-17)16-5-3-4-7(10(16)15-8)11(12,13)14/h3-5,17H,2,6H2,1H3. The molecule has 1 N–H and O–H groups in total. The molecule has 2 aromatic heterocycles. The van der Waals surface area contributed by atoms with E-state index in [1.54, 1.807) is 6.92 Å². The van der Waals surface area contributed by atoms with E-state index in [1.807, 2.05) is 0 Å². The first-order chi connectivity index (χ1) is 7.99. The predicted molar refractivity (Wildman–Crippen MR) is 55.5 cm³/mol. The quantitative estimate of drug-likeness (QED) is 0.880. The molecule has 6 heteroatoms. The largest absolute Gasteiger partial charge is 0.419 e. The van der Waals surface area contributed by atoms with Crippen molar-refractivity contribution in [2.75, 3.05) is 0 Å². The number of alkyl halides is 3. The van der Waals surface area contributed by atoms with Gasteiger partial charge in [-0.3, -0.25) is 0 Å². The van der Waals surface area contributed by atoms with E-state index < -0.39 is 11.7 Å². The fourth-order valence-corrected chi connectivity index (χ4v) is 1.84. The molecule has 0 radical (unpaired) electrons. The van der Waals surface area contributed by atoms with Crippen LogP contribution in [0.4, 0.5) is 13.2 Å². The normalized spacial score (nSPS) is 12.3. The number of aryl methyl sites for hydroxylation is 1. The highest BCUT2D eigenvalue weighted by molar-refractivity contribution is 5.52. The second-order valence-corrected chi connectivity index (χ2v) is 3.63. The van der Waals surface area contributed by atoms with Gasteiger partial charge in [0, 0.05) is 6.20 Å². The molecule has 0 atom stereocenters. The number of aliphatic hydroxyl groups is 1. The van der Waals surface area contributed by atoms with Crippen molar-refractivity contribution in [3.8, 4) is 0 Å². The van der Waals surface area contributed by atoms with Crippen LogP contribution in [0, 0.1) is 0 Å². The summed E-state index contributed by atoms with van der Waals surface area (Å²) in [5.74, 6) is 0. The molecule has 2 heterocycles. The third-order valence-electron chi connectivity index (χ3n) is 2.62. The molecule has 2 rings (SSSR count). The van der Waals surface area contributed by atoms with Crippen LogP contribution < -0.4 is 0 Å². The van der Waals surface area contributed by atoms with Crippen molar-refractivity contribution < 1.29 is 18.3 Å². The van der Waals surface area contributed by atoms with E-state index in [9.17, 15) is 18.3 Å². The number of aromatic nitrogens is 2.